The Hall–Kier alpha value is -3.45. The largest absolute Gasteiger partial charge is 0.482 e. The van der Waals surface area contributed by atoms with Crippen LogP contribution in [0.25, 0.3) is 5.57 Å². The average Bonchev–Trinajstić information content (AvgIpc) is 2.72. The van der Waals surface area contributed by atoms with E-state index in [2.05, 4.69) is 26.2 Å². The number of methoxy groups -OCH3 is 1. The Labute approximate surface area is 181 Å². The fourth-order valence-corrected chi connectivity index (χ4v) is 3.15. The summed E-state index contributed by atoms with van der Waals surface area (Å²) in [5, 5.41) is 20.0. The lowest BCUT2D eigenvalue weighted by Crippen LogP contribution is -2.14. The van der Waals surface area contributed by atoms with Crippen molar-refractivity contribution in [3.05, 3.63) is 58.7 Å². The first kappa shape index (κ1) is 22.8. The minimum absolute atomic E-state index is 0.0444. The summed E-state index contributed by atoms with van der Waals surface area (Å²) in [6.07, 6.45) is 0.610. The van der Waals surface area contributed by atoms with Gasteiger partial charge >= 0.3 is 5.97 Å². The number of aromatic nitrogens is 1. The zero-order chi connectivity index (χ0) is 22.4. The van der Waals surface area contributed by atoms with Crippen molar-refractivity contribution in [3.8, 4) is 11.8 Å². The maximum atomic E-state index is 13.8. The molecule has 0 bridgehead atoms. The first-order chi connectivity index (χ1) is 14.2. The number of rotatable bonds is 7. The number of pyridine rings is 1. The van der Waals surface area contributed by atoms with Gasteiger partial charge in [0.25, 0.3) is 0 Å². The summed E-state index contributed by atoms with van der Waals surface area (Å²) in [6, 6.07) is 7.12. The number of ether oxygens (including phenoxy) is 2. The van der Waals surface area contributed by atoms with Gasteiger partial charge in [0.1, 0.15) is 28.3 Å². The first-order valence-electron chi connectivity index (χ1n) is 8.60. The zero-order valence-corrected chi connectivity index (χ0v) is 18.0. The molecule has 0 aliphatic rings. The number of halogens is 2. The molecule has 2 aromatic rings. The number of nitrogen functional groups attached to an aromatic ring is 1. The van der Waals surface area contributed by atoms with Crippen LogP contribution in [0.4, 0.5) is 10.2 Å². The summed E-state index contributed by atoms with van der Waals surface area (Å²) < 4.78 is 24.4. The van der Waals surface area contributed by atoms with Crippen LogP contribution in [-0.2, 0) is 4.74 Å². The van der Waals surface area contributed by atoms with Crippen LogP contribution in [0, 0.1) is 22.6 Å². The lowest BCUT2D eigenvalue weighted by Gasteiger charge is -2.19. The normalized spacial score (nSPS) is 12.3. The van der Waals surface area contributed by atoms with Crippen LogP contribution >= 0.6 is 15.9 Å². The minimum atomic E-state index is -0.787. The molecule has 0 aliphatic carbocycles. The third-order valence-corrected chi connectivity index (χ3v) is 4.56. The van der Waals surface area contributed by atoms with Crippen molar-refractivity contribution >= 4 is 37.9 Å². The molecular formula is C20H19BrFN5O3. The van der Waals surface area contributed by atoms with Crippen LogP contribution in [-0.4, -0.2) is 29.7 Å². The van der Waals surface area contributed by atoms with E-state index in [1.54, 1.807) is 14.0 Å². The van der Waals surface area contributed by atoms with Gasteiger partial charge in [0.05, 0.1) is 12.7 Å². The number of anilines is 1. The van der Waals surface area contributed by atoms with E-state index in [1.165, 1.54) is 31.5 Å². The smallest absolute Gasteiger partial charge is 0.338 e. The number of allylic oxidation sites excluding steroid dienone is 2. The number of esters is 1. The molecular weight excluding hydrogens is 457 g/mol. The Kier molecular flexibility index (Phi) is 7.49. The molecule has 2 rings (SSSR count). The number of nitrogens with one attached hydrogen (secondary N) is 2. The van der Waals surface area contributed by atoms with E-state index in [-0.39, 0.29) is 38.6 Å². The van der Waals surface area contributed by atoms with Gasteiger partial charge in [-0.1, -0.05) is 0 Å². The van der Waals surface area contributed by atoms with Crippen LogP contribution in [0.15, 0.2) is 36.2 Å². The highest BCUT2D eigenvalue weighted by molar-refractivity contribution is 9.18. The van der Waals surface area contributed by atoms with Crippen molar-refractivity contribution in [2.75, 3.05) is 19.9 Å². The van der Waals surface area contributed by atoms with Gasteiger partial charge < -0.3 is 20.5 Å². The molecule has 0 fully saturated rings. The second kappa shape index (κ2) is 9.84. The molecule has 8 nitrogen and oxygen atoms in total. The van der Waals surface area contributed by atoms with Crippen LogP contribution in [0.3, 0.4) is 0 Å². The summed E-state index contributed by atoms with van der Waals surface area (Å²) >= 11 is 3.07. The predicted octanol–water partition coefficient (Wildman–Crippen LogP) is 3.56. The Morgan fingerprint density at radius 1 is 1.43 bits per heavy atom. The monoisotopic (exact) mass is 475 g/mol. The van der Waals surface area contributed by atoms with Gasteiger partial charge in [0.15, 0.2) is 11.6 Å². The van der Waals surface area contributed by atoms with E-state index in [0.717, 1.165) is 6.07 Å². The van der Waals surface area contributed by atoms with Gasteiger partial charge in [-0.15, -0.1) is 0 Å². The molecule has 10 heteroatoms. The van der Waals surface area contributed by atoms with Gasteiger partial charge in [0, 0.05) is 29.9 Å². The highest BCUT2D eigenvalue weighted by Gasteiger charge is 2.21. The number of hydrogen-bond donors (Lipinski definition) is 3. The minimum Gasteiger partial charge on any atom is -0.482 e. The van der Waals surface area contributed by atoms with E-state index in [1.807, 2.05) is 6.07 Å². The van der Waals surface area contributed by atoms with E-state index < -0.39 is 17.9 Å². The standard InChI is InChI=1S/C20H19BrFN5O3/c1-10(14-7-12(22)4-5-13(14)20(28)29-3)30-16-6-11(9-27-19(16)25)17(18(21)24)15(8-23)26-2/h4-7,9-10,24,26H,1-3H3,(H2,25,27)/b17-15-,24-18?/t10-/m1/s1. The van der Waals surface area contributed by atoms with Crippen molar-refractivity contribution < 1.29 is 18.7 Å². The van der Waals surface area contributed by atoms with Crippen LogP contribution in [0.5, 0.6) is 5.75 Å². The fourth-order valence-electron chi connectivity index (χ4n) is 2.72. The van der Waals surface area contributed by atoms with Crippen molar-refractivity contribution in [2.24, 2.45) is 0 Å². The molecule has 156 valence electrons. The van der Waals surface area contributed by atoms with E-state index >= 15 is 0 Å². The number of benzene rings is 1. The highest BCUT2D eigenvalue weighted by Crippen LogP contribution is 2.32. The number of hydrogen-bond acceptors (Lipinski definition) is 8. The maximum Gasteiger partial charge on any atom is 0.338 e. The predicted molar refractivity (Wildman–Crippen MR) is 114 cm³/mol. The number of nitriles is 1. The van der Waals surface area contributed by atoms with Crippen LogP contribution in [0.1, 0.15) is 34.5 Å². The van der Waals surface area contributed by atoms with Crippen LogP contribution < -0.4 is 15.8 Å². The Bertz CT molecular complexity index is 1060. The number of carbonyl (C=O) groups excluding carboxylic acids is 1. The third-order valence-electron chi connectivity index (χ3n) is 4.16. The van der Waals surface area contributed by atoms with Gasteiger partial charge in [-0.05, 0) is 47.1 Å². The Morgan fingerprint density at radius 2 is 2.13 bits per heavy atom. The number of carbonyl (C=O) groups is 1. The summed E-state index contributed by atoms with van der Waals surface area (Å²) in [5.74, 6) is -0.991. The van der Waals surface area contributed by atoms with E-state index in [9.17, 15) is 14.4 Å². The highest BCUT2D eigenvalue weighted by atomic mass is 79.9. The first-order valence-corrected chi connectivity index (χ1v) is 9.39. The average molecular weight is 476 g/mol. The van der Waals surface area contributed by atoms with Crippen molar-refractivity contribution in [1.29, 1.82) is 10.7 Å². The second-order valence-corrected chi connectivity index (χ2v) is 6.81. The molecule has 0 radical (unpaired) electrons. The molecule has 1 aromatic heterocycles. The molecule has 30 heavy (non-hydrogen) atoms. The quantitative estimate of drug-likeness (QED) is 0.316. The Balaban J connectivity index is 2.51. The summed E-state index contributed by atoms with van der Waals surface area (Å²) in [7, 11) is 2.78. The summed E-state index contributed by atoms with van der Waals surface area (Å²) in [4.78, 5) is 16.1. The molecule has 0 aliphatic heterocycles. The summed E-state index contributed by atoms with van der Waals surface area (Å²) in [6.45, 7) is 1.62. The maximum absolute atomic E-state index is 13.8. The SMILES string of the molecule is CN/C(C#N)=C(\C(=N)Br)c1cnc(N)c(O[C@H](C)c2cc(F)ccc2C(=O)OC)c1. The molecule has 1 atom stereocenters. The van der Waals surface area contributed by atoms with Gasteiger partial charge in [0.2, 0.25) is 0 Å². The molecule has 1 heterocycles. The fraction of sp³-hybridized carbons (Fsp3) is 0.200. The van der Waals surface area contributed by atoms with Crippen molar-refractivity contribution in [3.63, 3.8) is 0 Å². The molecule has 0 unspecified atom stereocenters. The number of nitrogens with zero attached hydrogens (tertiary/aromatic N) is 2. The molecule has 0 saturated carbocycles. The molecule has 4 N–H and O–H groups in total. The molecule has 0 spiro atoms. The zero-order valence-electron chi connectivity index (χ0n) is 16.4. The summed E-state index contributed by atoms with van der Waals surface area (Å²) in [5.41, 5.74) is 7.13. The van der Waals surface area contributed by atoms with Crippen molar-refractivity contribution in [2.45, 2.75) is 13.0 Å². The topological polar surface area (TPSA) is 134 Å². The van der Waals surface area contributed by atoms with Crippen molar-refractivity contribution in [1.82, 2.24) is 10.3 Å². The lowest BCUT2D eigenvalue weighted by molar-refractivity contribution is 0.0595. The molecule has 1 aromatic carbocycles. The van der Waals surface area contributed by atoms with Gasteiger partial charge in [-0.2, -0.15) is 5.26 Å². The van der Waals surface area contributed by atoms with E-state index in [0.29, 0.717) is 5.56 Å². The lowest BCUT2D eigenvalue weighted by atomic mass is 10.0. The van der Waals surface area contributed by atoms with Gasteiger partial charge in [-0.3, -0.25) is 5.41 Å². The van der Waals surface area contributed by atoms with Gasteiger partial charge in [-0.25, -0.2) is 14.2 Å². The third kappa shape index (κ3) is 4.93. The second-order valence-electron chi connectivity index (χ2n) is 6.02. The molecule has 0 amide bonds. The van der Waals surface area contributed by atoms with E-state index in [4.69, 9.17) is 20.6 Å². The van der Waals surface area contributed by atoms with Crippen LogP contribution in [0.2, 0.25) is 0 Å². The number of nitrogens with two attached hydrogens (primary N) is 1. The molecule has 0 saturated heterocycles. The Morgan fingerprint density at radius 3 is 2.70 bits per heavy atom.